The van der Waals surface area contributed by atoms with Crippen LogP contribution in [0.2, 0.25) is 0 Å². The topological polar surface area (TPSA) is 87.3 Å². The van der Waals surface area contributed by atoms with Crippen molar-refractivity contribution in [2.75, 3.05) is 10.6 Å². The Morgan fingerprint density at radius 2 is 1.43 bits per heavy atom. The molecule has 0 unspecified atom stereocenters. The highest BCUT2D eigenvalue weighted by atomic mass is 16.2. The number of aryl methyl sites for hydroxylation is 1. The highest BCUT2D eigenvalue weighted by Gasteiger charge is 2.14. The van der Waals surface area contributed by atoms with E-state index in [0.717, 1.165) is 11.1 Å². The molecule has 6 nitrogen and oxygen atoms in total. The average molecular weight is 401 g/mol. The molecule has 0 radical (unpaired) electrons. The van der Waals surface area contributed by atoms with Crippen molar-refractivity contribution in [2.45, 2.75) is 20.4 Å². The number of hydrogen-bond acceptors (Lipinski definition) is 3. The molecule has 0 aliphatic carbocycles. The van der Waals surface area contributed by atoms with Gasteiger partial charge < -0.3 is 16.0 Å². The predicted octanol–water partition coefficient (Wildman–Crippen LogP) is 4.14. The molecule has 0 spiro atoms. The van der Waals surface area contributed by atoms with Gasteiger partial charge in [-0.05, 0) is 48.9 Å². The zero-order valence-electron chi connectivity index (χ0n) is 16.9. The van der Waals surface area contributed by atoms with Crippen LogP contribution in [0.25, 0.3) is 0 Å². The van der Waals surface area contributed by atoms with Gasteiger partial charge in [-0.3, -0.25) is 14.4 Å². The molecule has 0 saturated carbocycles. The molecule has 0 heterocycles. The van der Waals surface area contributed by atoms with Gasteiger partial charge in [0.2, 0.25) is 5.91 Å². The van der Waals surface area contributed by atoms with Crippen molar-refractivity contribution in [3.8, 4) is 0 Å². The van der Waals surface area contributed by atoms with Crippen molar-refractivity contribution < 1.29 is 14.4 Å². The number of para-hydroxylation sites is 1. The molecule has 0 saturated heterocycles. The van der Waals surface area contributed by atoms with Crippen LogP contribution in [0.15, 0.2) is 72.8 Å². The molecule has 3 amide bonds. The van der Waals surface area contributed by atoms with Crippen LogP contribution >= 0.6 is 0 Å². The zero-order chi connectivity index (χ0) is 21.5. The summed E-state index contributed by atoms with van der Waals surface area (Å²) >= 11 is 0. The van der Waals surface area contributed by atoms with Crippen LogP contribution in [0.5, 0.6) is 0 Å². The highest BCUT2D eigenvalue weighted by molar-refractivity contribution is 6.09. The van der Waals surface area contributed by atoms with E-state index in [1.54, 1.807) is 48.5 Å². The molecule has 30 heavy (non-hydrogen) atoms. The first-order valence-corrected chi connectivity index (χ1v) is 9.54. The Morgan fingerprint density at radius 3 is 2.10 bits per heavy atom. The monoisotopic (exact) mass is 401 g/mol. The first-order chi connectivity index (χ1) is 14.4. The van der Waals surface area contributed by atoms with Crippen molar-refractivity contribution >= 4 is 29.1 Å². The molecule has 152 valence electrons. The summed E-state index contributed by atoms with van der Waals surface area (Å²) in [5.41, 5.74) is 3.98. The maximum atomic E-state index is 12.7. The van der Waals surface area contributed by atoms with Gasteiger partial charge in [-0.25, -0.2) is 0 Å². The third-order valence-corrected chi connectivity index (χ3v) is 4.46. The molecule has 6 heteroatoms. The maximum absolute atomic E-state index is 12.7. The molecule has 3 aromatic carbocycles. The van der Waals surface area contributed by atoms with Crippen molar-refractivity contribution in [2.24, 2.45) is 0 Å². The van der Waals surface area contributed by atoms with E-state index in [2.05, 4.69) is 16.0 Å². The molecule has 0 atom stereocenters. The number of benzene rings is 3. The molecule has 3 aromatic rings. The summed E-state index contributed by atoms with van der Waals surface area (Å²) in [4.78, 5) is 36.4. The molecule has 3 N–H and O–H groups in total. The Labute approximate surface area is 175 Å². The lowest BCUT2D eigenvalue weighted by molar-refractivity contribution is -0.114. The fourth-order valence-electron chi connectivity index (χ4n) is 2.88. The Bertz CT molecular complexity index is 1060. The number of rotatable bonds is 6. The molecule has 3 rings (SSSR count). The lowest BCUT2D eigenvalue weighted by Crippen LogP contribution is -2.24. The number of carbonyl (C=O) groups excluding carboxylic acids is 3. The van der Waals surface area contributed by atoms with Gasteiger partial charge in [0.25, 0.3) is 11.8 Å². The summed E-state index contributed by atoms with van der Waals surface area (Å²) in [6.45, 7) is 3.82. The van der Waals surface area contributed by atoms with Crippen LogP contribution in [0.3, 0.4) is 0 Å². The Balaban J connectivity index is 1.68. The third-order valence-electron chi connectivity index (χ3n) is 4.46. The number of amides is 3. The van der Waals surface area contributed by atoms with Gasteiger partial charge in [0.1, 0.15) is 0 Å². The Morgan fingerprint density at radius 1 is 0.767 bits per heavy atom. The lowest BCUT2D eigenvalue weighted by atomic mass is 10.1. The van der Waals surface area contributed by atoms with Crippen molar-refractivity contribution in [3.05, 3.63) is 95.1 Å². The third kappa shape index (κ3) is 5.54. The minimum Gasteiger partial charge on any atom is -0.348 e. The summed E-state index contributed by atoms with van der Waals surface area (Å²) in [5.74, 6) is -0.798. The standard InChI is InChI=1S/C24H23N3O3/c1-16-7-9-18(10-8-16)15-25-24(30)21-5-3-4-6-22(21)27-23(29)19-11-13-20(14-12-19)26-17(2)28/h3-14H,15H2,1-2H3,(H,25,30)(H,26,28)(H,27,29). The van der Waals surface area contributed by atoms with E-state index in [4.69, 9.17) is 0 Å². The van der Waals surface area contributed by atoms with E-state index < -0.39 is 0 Å². The van der Waals surface area contributed by atoms with Crippen LogP contribution in [0.1, 0.15) is 38.8 Å². The van der Waals surface area contributed by atoms with E-state index in [-0.39, 0.29) is 17.7 Å². The Kier molecular flexibility index (Phi) is 6.60. The smallest absolute Gasteiger partial charge is 0.255 e. The van der Waals surface area contributed by atoms with Crippen molar-refractivity contribution in [1.82, 2.24) is 5.32 Å². The lowest BCUT2D eigenvalue weighted by Gasteiger charge is -2.12. The predicted molar refractivity (Wildman–Crippen MR) is 117 cm³/mol. The zero-order valence-corrected chi connectivity index (χ0v) is 16.9. The largest absolute Gasteiger partial charge is 0.348 e. The molecule has 0 bridgehead atoms. The number of anilines is 2. The fraction of sp³-hybridized carbons (Fsp3) is 0.125. The molecule has 0 aliphatic rings. The molecule has 0 aromatic heterocycles. The van der Waals surface area contributed by atoms with Gasteiger partial charge in [0, 0.05) is 24.7 Å². The maximum Gasteiger partial charge on any atom is 0.255 e. The molecular weight excluding hydrogens is 378 g/mol. The fourth-order valence-corrected chi connectivity index (χ4v) is 2.88. The molecule has 0 aliphatic heterocycles. The summed E-state index contributed by atoms with van der Waals surface area (Å²) in [7, 11) is 0. The SMILES string of the molecule is CC(=O)Nc1ccc(C(=O)Nc2ccccc2C(=O)NCc2ccc(C)cc2)cc1. The summed E-state index contributed by atoms with van der Waals surface area (Å²) in [6, 6.07) is 21.3. The van der Waals surface area contributed by atoms with E-state index in [9.17, 15) is 14.4 Å². The van der Waals surface area contributed by atoms with Crippen LogP contribution in [0.4, 0.5) is 11.4 Å². The minimum absolute atomic E-state index is 0.183. The Hall–Kier alpha value is -3.93. The van der Waals surface area contributed by atoms with Gasteiger partial charge in [-0.2, -0.15) is 0 Å². The van der Waals surface area contributed by atoms with Crippen LogP contribution in [-0.2, 0) is 11.3 Å². The van der Waals surface area contributed by atoms with Crippen molar-refractivity contribution in [3.63, 3.8) is 0 Å². The first kappa shape index (κ1) is 20.8. The molecular formula is C24H23N3O3. The van der Waals surface area contributed by atoms with Gasteiger partial charge in [-0.1, -0.05) is 42.0 Å². The van der Waals surface area contributed by atoms with Gasteiger partial charge in [-0.15, -0.1) is 0 Å². The van der Waals surface area contributed by atoms with Crippen LogP contribution < -0.4 is 16.0 Å². The average Bonchev–Trinajstić information content (AvgIpc) is 2.73. The summed E-state index contributed by atoms with van der Waals surface area (Å²) in [6.07, 6.45) is 0. The molecule has 0 fully saturated rings. The van der Waals surface area contributed by atoms with Gasteiger partial charge in [0.15, 0.2) is 0 Å². The van der Waals surface area contributed by atoms with E-state index in [1.165, 1.54) is 6.92 Å². The van der Waals surface area contributed by atoms with Gasteiger partial charge >= 0.3 is 0 Å². The highest BCUT2D eigenvalue weighted by Crippen LogP contribution is 2.17. The summed E-state index contributed by atoms with van der Waals surface area (Å²) in [5, 5.41) is 8.32. The van der Waals surface area contributed by atoms with E-state index >= 15 is 0 Å². The number of carbonyl (C=O) groups is 3. The van der Waals surface area contributed by atoms with E-state index in [1.807, 2.05) is 31.2 Å². The number of nitrogens with one attached hydrogen (secondary N) is 3. The normalized spacial score (nSPS) is 10.2. The second-order valence-corrected chi connectivity index (χ2v) is 6.93. The van der Waals surface area contributed by atoms with Crippen LogP contribution in [0, 0.1) is 6.92 Å². The first-order valence-electron chi connectivity index (χ1n) is 9.54. The van der Waals surface area contributed by atoms with Gasteiger partial charge in [0.05, 0.1) is 11.3 Å². The minimum atomic E-state index is -0.344. The van der Waals surface area contributed by atoms with Crippen molar-refractivity contribution in [1.29, 1.82) is 0 Å². The van der Waals surface area contributed by atoms with E-state index in [0.29, 0.717) is 29.0 Å². The second kappa shape index (κ2) is 9.52. The quantitative estimate of drug-likeness (QED) is 0.580. The number of hydrogen-bond donors (Lipinski definition) is 3. The second-order valence-electron chi connectivity index (χ2n) is 6.93. The summed E-state index contributed by atoms with van der Waals surface area (Å²) < 4.78 is 0. The van der Waals surface area contributed by atoms with Crippen LogP contribution in [-0.4, -0.2) is 17.7 Å².